The zero-order valence-corrected chi connectivity index (χ0v) is 17.6. The van der Waals surface area contributed by atoms with E-state index in [9.17, 15) is 8.42 Å². The summed E-state index contributed by atoms with van der Waals surface area (Å²) in [5.41, 5.74) is 2.74. The fourth-order valence-corrected chi connectivity index (χ4v) is 3.95. The number of guanidine groups is 1. The molecule has 0 bridgehead atoms. The Labute approximate surface area is 171 Å². The van der Waals surface area contributed by atoms with Gasteiger partial charge in [-0.05, 0) is 42.2 Å². The van der Waals surface area contributed by atoms with Crippen molar-refractivity contribution in [1.29, 1.82) is 0 Å². The first-order chi connectivity index (χ1) is 13.3. The van der Waals surface area contributed by atoms with Gasteiger partial charge in [0.05, 0.1) is 11.9 Å². The molecule has 3 rings (SSSR count). The van der Waals surface area contributed by atoms with Crippen LogP contribution in [-0.4, -0.2) is 34.2 Å². The van der Waals surface area contributed by atoms with E-state index in [4.69, 9.17) is 11.6 Å². The van der Waals surface area contributed by atoms with E-state index in [2.05, 4.69) is 26.4 Å². The Kier molecular flexibility index (Phi) is 6.15. The monoisotopic (exact) mass is 420 g/mol. The molecule has 0 aromatic heterocycles. The molecule has 0 spiro atoms. The lowest BCUT2D eigenvalue weighted by Crippen LogP contribution is -2.41. The van der Waals surface area contributed by atoms with Crippen LogP contribution >= 0.6 is 11.6 Å². The van der Waals surface area contributed by atoms with E-state index in [0.29, 0.717) is 18.2 Å². The Morgan fingerprint density at radius 1 is 1.14 bits per heavy atom. The minimum absolute atomic E-state index is 0.0955. The van der Waals surface area contributed by atoms with Crippen LogP contribution in [0, 0.1) is 0 Å². The van der Waals surface area contributed by atoms with Crippen LogP contribution < -0.4 is 15.4 Å². The summed E-state index contributed by atoms with van der Waals surface area (Å²) < 4.78 is 25.6. The number of rotatable bonds is 7. The smallest absolute Gasteiger partial charge is 0.229 e. The van der Waals surface area contributed by atoms with Crippen LogP contribution in [0.5, 0.6) is 0 Å². The number of aliphatic imine (C=N–C) groups is 1. The third-order valence-electron chi connectivity index (χ3n) is 4.87. The summed E-state index contributed by atoms with van der Waals surface area (Å²) >= 11 is 6.14. The first-order valence-electron chi connectivity index (χ1n) is 9.08. The molecular weight excluding hydrogens is 396 g/mol. The quantitative estimate of drug-likeness (QED) is 0.474. The Morgan fingerprint density at radius 3 is 2.54 bits per heavy atom. The van der Waals surface area contributed by atoms with Crippen LogP contribution in [0.1, 0.15) is 24.0 Å². The largest absolute Gasteiger partial charge is 0.356 e. The van der Waals surface area contributed by atoms with Gasteiger partial charge in [0.1, 0.15) is 0 Å². The highest BCUT2D eigenvalue weighted by atomic mass is 35.5. The van der Waals surface area contributed by atoms with Gasteiger partial charge in [-0.1, -0.05) is 41.9 Å². The lowest BCUT2D eigenvalue weighted by atomic mass is 9.96. The van der Waals surface area contributed by atoms with Gasteiger partial charge in [0.2, 0.25) is 10.0 Å². The molecule has 6 nitrogen and oxygen atoms in total. The van der Waals surface area contributed by atoms with E-state index >= 15 is 0 Å². The Morgan fingerprint density at radius 2 is 1.89 bits per heavy atom. The molecule has 8 heteroatoms. The molecule has 0 amide bonds. The minimum Gasteiger partial charge on any atom is -0.356 e. The van der Waals surface area contributed by atoms with E-state index in [-0.39, 0.29) is 5.41 Å². The standard InChI is InChI=1S/C20H25ClN4O2S/c1-22-19(23-13-15-6-3-4-9-18(15)25-28(2,26)27)24-14-20(10-11-20)16-7-5-8-17(21)12-16/h3-9,12,25H,10-11,13-14H2,1-2H3,(H2,22,23,24). The molecule has 0 unspecified atom stereocenters. The summed E-state index contributed by atoms with van der Waals surface area (Å²) in [6.45, 7) is 1.21. The van der Waals surface area contributed by atoms with Gasteiger partial charge in [-0.2, -0.15) is 0 Å². The van der Waals surface area contributed by atoms with Crippen molar-refractivity contribution >= 4 is 33.3 Å². The van der Waals surface area contributed by atoms with Gasteiger partial charge in [0.15, 0.2) is 5.96 Å². The van der Waals surface area contributed by atoms with Crippen LogP contribution in [0.25, 0.3) is 0 Å². The third-order valence-corrected chi connectivity index (χ3v) is 5.69. The Hall–Kier alpha value is -2.25. The zero-order chi connectivity index (χ0) is 20.2. The van der Waals surface area contributed by atoms with Crippen molar-refractivity contribution in [2.75, 3.05) is 24.6 Å². The third kappa shape index (κ3) is 5.39. The molecule has 1 aliphatic rings. The second-order valence-corrected chi connectivity index (χ2v) is 9.29. The maximum Gasteiger partial charge on any atom is 0.229 e. The van der Waals surface area contributed by atoms with Crippen molar-refractivity contribution in [2.45, 2.75) is 24.8 Å². The SMILES string of the molecule is CN=C(NCc1ccccc1NS(C)(=O)=O)NCC1(c2cccc(Cl)c2)CC1. The number of hydrogen-bond donors (Lipinski definition) is 3. The highest BCUT2D eigenvalue weighted by Gasteiger charge is 2.44. The lowest BCUT2D eigenvalue weighted by molar-refractivity contribution is 0.606. The number of sulfonamides is 1. The molecule has 0 radical (unpaired) electrons. The second kappa shape index (κ2) is 8.41. The highest BCUT2D eigenvalue weighted by molar-refractivity contribution is 7.92. The van der Waals surface area contributed by atoms with Gasteiger partial charge in [0, 0.05) is 30.6 Å². The second-order valence-electron chi connectivity index (χ2n) is 7.10. The number of anilines is 1. The average molecular weight is 421 g/mol. The molecule has 2 aromatic rings. The van der Waals surface area contributed by atoms with E-state index < -0.39 is 10.0 Å². The maximum atomic E-state index is 11.5. The van der Waals surface area contributed by atoms with E-state index in [1.165, 1.54) is 5.56 Å². The molecule has 0 aliphatic heterocycles. The molecule has 1 fully saturated rings. The Balaban J connectivity index is 1.61. The number of halogens is 1. The normalized spacial score (nSPS) is 15.8. The van der Waals surface area contributed by atoms with Crippen molar-refractivity contribution in [3.63, 3.8) is 0 Å². The predicted molar refractivity (Wildman–Crippen MR) is 115 cm³/mol. The van der Waals surface area contributed by atoms with E-state index in [0.717, 1.165) is 36.2 Å². The van der Waals surface area contributed by atoms with Crippen molar-refractivity contribution in [3.05, 3.63) is 64.7 Å². The van der Waals surface area contributed by atoms with Crippen molar-refractivity contribution in [3.8, 4) is 0 Å². The summed E-state index contributed by atoms with van der Waals surface area (Å²) in [6, 6.07) is 15.3. The van der Waals surface area contributed by atoms with Crippen molar-refractivity contribution in [1.82, 2.24) is 10.6 Å². The zero-order valence-electron chi connectivity index (χ0n) is 16.0. The molecule has 0 heterocycles. The van der Waals surface area contributed by atoms with Gasteiger partial charge in [0.25, 0.3) is 0 Å². The molecule has 28 heavy (non-hydrogen) atoms. The highest BCUT2D eigenvalue weighted by Crippen LogP contribution is 2.48. The van der Waals surface area contributed by atoms with Gasteiger partial charge in [-0.25, -0.2) is 8.42 Å². The molecule has 0 saturated heterocycles. The summed E-state index contributed by atoms with van der Waals surface area (Å²) in [5.74, 6) is 0.669. The average Bonchev–Trinajstić information content (AvgIpc) is 3.43. The fraction of sp³-hybridized carbons (Fsp3) is 0.350. The summed E-state index contributed by atoms with van der Waals surface area (Å²) in [7, 11) is -1.62. The van der Waals surface area contributed by atoms with Gasteiger partial charge < -0.3 is 10.6 Å². The van der Waals surface area contributed by atoms with Crippen LogP contribution in [0.4, 0.5) is 5.69 Å². The molecule has 2 aromatic carbocycles. The molecular formula is C20H25ClN4O2S. The van der Waals surface area contributed by atoms with E-state index in [1.807, 2.05) is 30.3 Å². The Bertz CT molecular complexity index is 972. The van der Waals surface area contributed by atoms with Gasteiger partial charge >= 0.3 is 0 Å². The maximum absolute atomic E-state index is 11.5. The predicted octanol–water partition coefficient (Wildman–Crippen LogP) is 3.11. The molecule has 0 atom stereocenters. The van der Waals surface area contributed by atoms with E-state index in [1.54, 1.807) is 19.2 Å². The summed E-state index contributed by atoms with van der Waals surface area (Å²) in [4.78, 5) is 4.28. The van der Waals surface area contributed by atoms with Gasteiger partial charge in [-0.15, -0.1) is 0 Å². The van der Waals surface area contributed by atoms with Crippen LogP contribution in [0.2, 0.25) is 5.02 Å². The minimum atomic E-state index is -3.33. The molecule has 3 N–H and O–H groups in total. The summed E-state index contributed by atoms with van der Waals surface area (Å²) in [5, 5.41) is 7.39. The molecule has 1 aliphatic carbocycles. The van der Waals surface area contributed by atoms with Crippen molar-refractivity contribution < 1.29 is 8.42 Å². The van der Waals surface area contributed by atoms with Gasteiger partial charge in [-0.3, -0.25) is 9.71 Å². The number of benzene rings is 2. The molecule has 1 saturated carbocycles. The number of nitrogens with zero attached hydrogens (tertiary/aromatic N) is 1. The topological polar surface area (TPSA) is 82.6 Å². The number of nitrogens with one attached hydrogen (secondary N) is 3. The van der Waals surface area contributed by atoms with Crippen LogP contribution in [0.15, 0.2) is 53.5 Å². The first-order valence-corrected chi connectivity index (χ1v) is 11.3. The number of para-hydroxylation sites is 1. The molecule has 150 valence electrons. The van der Waals surface area contributed by atoms with Crippen molar-refractivity contribution in [2.24, 2.45) is 4.99 Å². The van der Waals surface area contributed by atoms with Crippen LogP contribution in [-0.2, 0) is 22.0 Å². The first kappa shape index (κ1) is 20.5. The van der Waals surface area contributed by atoms with Crippen LogP contribution in [0.3, 0.4) is 0 Å². The lowest BCUT2D eigenvalue weighted by Gasteiger charge is -2.20. The summed E-state index contributed by atoms with van der Waals surface area (Å²) in [6.07, 6.45) is 3.36. The number of hydrogen-bond acceptors (Lipinski definition) is 3. The fourth-order valence-electron chi connectivity index (χ4n) is 3.16.